The lowest BCUT2D eigenvalue weighted by molar-refractivity contribution is 1.17. The van der Waals surface area contributed by atoms with Gasteiger partial charge in [-0.15, -0.1) is 0 Å². The van der Waals surface area contributed by atoms with Gasteiger partial charge in [-0.05, 0) is 62.7 Å². The molecule has 0 aliphatic carbocycles. The quantitative estimate of drug-likeness (QED) is 0.114. The largest absolute Gasteiger partial charge is 0.309 e. The summed E-state index contributed by atoms with van der Waals surface area (Å²) >= 11 is 0. The first-order valence-electron chi connectivity index (χ1n) is 19.7. The van der Waals surface area contributed by atoms with Crippen LogP contribution in [0.2, 0.25) is 0 Å². The molecule has 0 unspecified atom stereocenters. The molecule has 0 aliphatic heterocycles. The fraction of sp³-hybridized carbons (Fsp3) is 0. The molecule has 9 aromatic carbocycles. The standard InChI is InChI=1S/C54H38N2Si/c1-6-21-39(22-7-1)52-51(57(41-25-10-3-11-26-41,42-27-12-4-13-28-42)43-29-14-5-15-30-43)38-37-45-44-31-16-18-33-47(44)56(54(45)52)50-36-20-35-49-53(50)46-32-17-19-34-48(46)55(49)40-23-8-2-9-24-40/h1-38H. The Balaban J connectivity index is 1.37. The normalized spacial score (nSPS) is 11.9. The summed E-state index contributed by atoms with van der Waals surface area (Å²) in [5.74, 6) is 0. The molecule has 0 fully saturated rings. The zero-order valence-electron chi connectivity index (χ0n) is 31.3. The SMILES string of the molecule is c1ccc(-c2c([Si](c3ccccc3)(c3ccccc3)c3ccccc3)ccc3c4ccccc4n(-c4cccc5c4c4ccccc4n5-c4ccccc4)c23)cc1. The molecule has 268 valence electrons. The Morgan fingerprint density at radius 1 is 0.316 bits per heavy atom. The molecule has 3 heteroatoms. The van der Waals surface area contributed by atoms with E-state index in [0.717, 1.165) is 5.69 Å². The molecule has 0 saturated heterocycles. The van der Waals surface area contributed by atoms with Crippen molar-refractivity contribution < 1.29 is 0 Å². The molecule has 0 N–H and O–H groups in total. The van der Waals surface area contributed by atoms with E-state index in [0.29, 0.717) is 0 Å². The molecule has 2 nitrogen and oxygen atoms in total. The molecule has 11 aromatic rings. The second kappa shape index (κ2) is 13.5. The average molecular weight is 743 g/mol. The number of rotatable bonds is 7. The molecule has 0 bridgehead atoms. The number of nitrogens with zero attached hydrogens (tertiary/aromatic N) is 2. The summed E-state index contributed by atoms with van der Waals surface area (Å²) in [6.45, 7) is 0. The fourth-order valence-electron chi connectivity index (χ4n) is 9.59. The third-order valence-electron chi connectivity index (χ3n) is 11.9. The van der Waals surface area contributed by atoms with Gasteiger partial charge in [0.15, 0.2) is 8.07 Å². The minimum atomic E-state index is -2.97. The highest BCUT2D eigenvalue weighted by Gasteiger charge is 2.44. The van der Waals surface area contributed by atoms with Crippen LogP contribution in [0.4, 0.5) is 0 Å². The van der Waals surface area contributed by atoms with Crippen molar-refractivity contribution in [1.82, 2.24) is 9.13 Å². The second-order valence-corrected chi connectivity index (χ2v) is 18.6. The van der Waals surface area contributed by atoms with E-state index in [4.69, 9.17) is 0 Å². The minimum absolute atomic E-state index is 1.15. The average Bonchev–Trinajstić information content (AvgIpc) is 3.82. The van der Waals surface area contributed by atoms with E-state index in [9.17, 15) is 0 Å². The smallest absolute Gasteiger partial charge is 0.180 e. The van der Waals surface area contributed by atoms with Crippen LogP contribution < -0.4 is 20.7 Å². The van der Waals surface area contributed by atoms with Crippen LogP contribution in [0.25, 0.3) is 66.1 Å². The number of hydrogen-bond acceptors (Lipinski definition) is 0. The summed E-state index contributed by atoms with van der Waals surface area (Å²) in [5, 5.41) is 10.4. The maximum atomic E-state index is 2.58. The zero-order valence-corrected chi connectivity index (χ0v) is 32.3. The Hall–Kier alpha value is -7.20. The Morgan fingerprint density at radius 3 is 1.39 bits per heavy atom. The van der Waals surface area contributed by atoms with Crippen LogP contribution in [0.3, 0.4) is 0 Å². The maximum Gasteiger partial charge on any atom is 0.180 e. The predicted molar refractivity (Wildman–Crippen MR) is 244 cm³/mol. The van der Waals surface area contributed by atoms with Gasteiger partial charge in [-0.2, -0.15) is 0 Å². The summed E-state index contributed by atoms with van der Waals surface area (Å²) in [7, 11) is -2.97. The molecular formula is C54H38N2Si. The third kappa shape index (κ3) is 5.03. The summed E-state index contributed by atoms with van der Waals surface area (Å²) in [6, 6.07) is 85.3. The van der Waals surface area contributed by atoms with Gasteiger partial charge in [0.05, 0.1) is 27.8 Å². The number of para-hydroxylation sites is 3. The molecule has 0 spiro atoms. The Labute approximate surface area is 333 Å². The summed E-state index contributed by atoms with van der Waals surface area (Å²) < 4.78 is 5.00. The van der Waals surface area contributed by atoms with E-state index in [-0.39, 0.29) is 0 Å². The maximum absolute atomic E-state index is 2.97. The summed E-state index contributed by atoms with van der Waals surface area (Å²) in [6.07, 6.45) is 0. The monoisotopic (exact) mass is 742 g/mol. The molecule has 0 amide bonds. The van der Waals surface area contributed by atoms with E-state index in [1.165, 1.54) is 81.2 Å². The van der Waals surface area contributed by atoms with Crippen molar-refractivity contribution in [1.29, 1.82) is 0 Å². The predicted octanol–water partition coefficient (Wildman–Crippen LogP) is 10.9. The van der Waals surface area contributed by atoms with Crippen LogP contribution in [0.1, 0.15) is 0 Å². The molecule has 0 aliphatic rings. The van der Waals surface area contributed by atoms with Gasteiger partial charge in [-0.25, -0.2) is 0 Å². The topological polar surface area (TPSA) is 9.86 Å². The van der Waals surface area contributed by atoms with Gasteiger partial charge in [0.25, 0.3) is 0 Å². The molecule has 2 heterocycles. The zero-order chi connectivity index (χ0) is 37.8. The first-order chi connectivity index (χ1) is 28.3. The molecular weight excluding hydrogens is 705 g/mol. The lowest BCUT2D eigenvalue weighted by atomic mass is 10.0. The highest BCUT2D eigenvalue weighted by atomic mass is 28.3. The van der Waals surface area contributed by atoms with Crippen LogP contribution in [0.15, 0.2) is 231 Å². The van der Waals surface area contributed by atoms with Crippen LogP contribution in [-0.4, -0.2) is 17.2 Å². The van der Waals surface area contributed by atoms with Crippen LogP contribution in [0, 0.1) is 0 Å². The molecule has 57 heavy (non-hydrogen) atoms. The molecule has 0 atom stereocenters. The van der Waals surface area contributed by atoms with E-state index < -0.39 is 8.07 Å². The van der Waals surface area contributed by atoms with Gasteiger partial charge in [0.2, 0.25) is 0 Å². The van der Waals surface area contributed by atoms with Gasteiger partial charge in [0, 0.05) is 32.8 Å². The Bertz CT molecular complexity index is 3110. The van der Waals surface area contributed by atoms with E-state index in [1.54, 1.807) is 0 Å². The summed E-state index contributed by atoms with van der Waals surface area (Å²) in [5.41, 5.74) is 9.60. The van der Waals surface area contributed by atoms with Gasteiger partial charge < -0.3 is 9.13 Å². The highest BCUT2D eigenvalue weighted by molar-refractivity contribution is 7.20. The van der Waals surface area contributed by atoms with Crippen molar-refractivity contribution in [2.45, 2.75) is 0 Å². The van der Waals surface area contributed by atoms with Gasteiger partial charge in [-0.1, -0.05) is 194 Å². The van der Waals surface area contributed by atoms with Crippen molar-refractivity contribution >= 4 is 72.4 Å². The van der Waals surface area contributed by atoms with Gasteiger partial charge >= 0.3 is 0 Å². The van der Waals surface area contributed by atoms with Crippen molar-refractivity contribution in [2.75, 3.05) is 0 Å². The van der Waals surface area contributed by atoms with Crippen LogP contribution in [0.5, 0.6) is 0 Å². The van der Waals surface area contributed by atoms with E-state index in [1.807, 2.05) is 0 Å². The first-order valence-corrected chi connectivity index (χ1v) is 21.7. The Kier molecular flexibility index (Phi) is 7.87. The van der Waals surface area contributed by atoms with Crippen molar-refractivity contribution in [2.24, 2.45) is 0 Å². The first kappa shape index (κ1) is 33.2. The number of aromatic nitrogens is 2. The second-order valence-electron chi connectivity index (χ2n) is 14.8. The molecule has 11 rings (SSSR count). The number of benzene rings is 9. The summed E-state index contributed by atoms with van der Waals surface area (Å²) in [4.78, 5) is 0. The number of hydrogen-bond donors (Lipinski definition) is 0. The van der Waals surface area contributed by atoms with Crippen LogP contribution in [-0.2, 0) is 0 Å². The lowest BCUT2D eigenvalue weighted by Gasteiger charge is -2.36. The highest BCUT2D eigenvalue weighted by Crippen LogP contribution is 2.42. The molecule has 0 radical (unpaired) electrons. The number of fused-ring (bicyclic) bond motifs is 6. The van der Waals surface area contributed by atoms with Crippen molar-refractivity contribution in [3.63, 3.8) is 0 Å². The minimum Gasteiger partial charge on any atom is -0.309 e. The van der Waals surface area contributed by atoms with Crippen molar-refractivity contribution in [3.05, 3.63) is 231 Å². The molecule has 2 aromatic heterocycles. The van der Waals surface area contributed by atoms with Gasteiger partial charge in [0.1, 0.15) is 0 Å². The van der Waals surface area contributed by atoms with Crippen molar-refractivity contribution in [3.8, 4) is 22.5 Å². The Morgan fingerprint density at radius 2 is 0.789 bits per heavy atom. The third-order valence-corrected chi connectivity index (χ3v) is 16.7. The lowest BCUT2D eigenvalue weighted by Crippen LogP contribution is -2.75. The van der Waals surface area contributed by atoms with Gasteiger partial charge in [-0.3, -0.25) is 0 Å². The van der Waals surface area contributed by atoms with E-state index >= 15 is 0 Å². The fourth-order valence-corrected chi connectivity index (χ4v) is 14.6. The van der Waals surface area contributed by atoms with E-state index in [2.05, 4.69) is 240 Å². The van der Waals surface area contributed by atoms with Crippen LogP contribution >= 0.6 is 0 Å². The molecule has 0 saturated carbocycles.